The third-order valence-corrected chi connectivity index (χ3v) is 6.08. The van der Waals surface area contributed by atoms with Crippen molar-refractivity contribution in [1.82, 2.24) is 15.0 Å². The standard InChI is InChI=1S/C27H15ClN3O2/c28-27-30-25(15-12-13-18-16-6-1-3-10-21(16)32-23(18)14-15)29-26(31-27)20-9-5-8-19-17-7-2-4-11-22(17)33-24(19)20/h1-14,28H/q+1. The van der Waals surface area contributed by atoms with Crippen LogP contribution in [0.4, 0.5) is 0 Å². The lowest BCUT2D eigenvalue weighted by molar-refractivity contribution is -0.304. The van der Waals surface area contributed by atoms with Crippen LogP contribution in [-0.4, -0.2) is 15.0 Å². The molecule has 6 heteroatoms. The second kappa shape index (κ2) is 6.89. The number of halogens is 1. The molecule has 0 radical (unpaired) electrons. The van der Waals surface area contributed by atoms with Gasteiger partial charge in [0.1, 0.15) is 22.3 Å². The van der Waals surface area contributed by atoms with Gasteiger partial charge < -0.3 is 8.83 Å². The smallest absolute Gasteiger partial charge is 0.421 e. The highest BCUT2D eigenvalue weighted by Crippen LogP contribution is 2.35. The quantitative estimate of drug-likeness (QED) is 0.294. The summed E-state index contributed by atoms with van der Waals surface area (Å²) in [6.45, 7) is 0. The summed E-state index contributed by atoms with van der Waals surface area (Å²) >= 11 is 5.41. The predicted molar refractivity (Wildman–Crippen MR) is 126 cm³/mol. The number of hydrogen-bond acceptors (Lipinski definition) is 5. The van der Waals surface area contributed by atoms with Crippen molar-refractivity contribution in [2.24, 2.45) is 0 Å². The van der Waals surface area contributed by atoms with E-state index in [1.54, 1.807) is 0 Å². The first-order valence-electron chi connectivity index (χ1n) is 10.5. The zero-order valence-electron chi connectivity index (χ0n) is 17.1. The van der Waals surface area contributed by atoms with Gasteiger partial charge in [0, 0.05) is 27.1 Å². The normalized spacial score (nSPS) is 11.8. The van der Waals surface area contributed by atoms with Crippen molar-refractivity contribution in [2.75, 3.05) is 0 Å². The third kappa shape index (κ3) is 2.83. The molecule has 156 valence electrons. The van der Waals surface area contributed by atoms with Gasteiger partial charge in [-0.1, -0.05) is 54.6 Å². The van der Waals surface area contributed by atoms with E-state index >= 15 is 0 Å². The van der Waals surface area contributed by atoms with Crippen LogP contribution in [-0.2, 0) is 0 Å². The molecular formula is C27H15ClN3O2+. The maximum atomic E-state index is 6.17. The van der Waals surface area contributed by atoms with Gasteiger partial charge in [-0.05, 0) is 30.3 Å². The molecule has 0 saturated heterocycles. The lowest BCUT2D eigenvalue weighted by atomic mass is 10.1. The molecule has 0 unspecified atom stereocenters. The molecule has 0 N–H and O–H groups in total. The highest BCUT2D eigenvalue weighted by Gasteiger charge is 2.18. The molecule has 0 spiro atoms. The Morgan fingerprint density at radius 3 is 2.06 bits per heavy atom. The van der Waals surface area contributed by atoms with Crippen LogP contribution in [0.1, 0.15) is 0 Å². The molecule has 0 fully saturated rings. The van der Waals surface area contributed by atoms with Crippen LogP contribution in [0.3, 0.4) is 0 Å². The van der Waals surface area contributed by atoms with E-state index in [0.717, 1.165) is 55.0 Å². The van der Waals surface area contributed by atoms with Gasteiger partial charge in [0.2, 0.25) is 0 Å². The molecule has 3 aromatic heterocycles. The predicted octanol–water partition coefficient (Wildman–Crippen LogP) is 6.70. The van der Waals surface area contributed by atoms with Crippen LogP contribution < -0.4 is 0 Å². The average Bonchev–Trinajstić information content (AvgIpc) is 3.41. The van der Waals surface area contributed by atoms with Crippen molar-refractivity contribution in [2.45, 2.75) is 0 Å². The summed E-state index contributed by atoms with van der Waals surface area (Å²) in [5.74, 6) is 0.986. The molecule has 0 amide bonds. The van der Waals surface area contributed by atoms with Crippen molar-refractivity contribution in [3.63, 3.8) is 0 Å². The van der Waals surface area contributed by atoms with E-state index in [2.05, 4.69) is 16.0 Å². The monoisotopic (exact) mass is 448 g/mol. The van der Waals surface area contributed by atoms with E-state index in [1.165, 1.54) is 0 Å². The summed E-state index contributed by atoms with van der Waals surface area (Å²) in [4.78, 5) is 13.7. The Labute approximate surface area is 192 Å². The summed E-state index contributed by atoms with van der Waals surface area (Å²) < 4.78 is 12.2. The highest BCUT2D eigenvalue weighted by atomic mass is 35.5. The van der Waals surface area contributed by atoms with E-state index in [4.69, 9.17) is 25.4 Å². The van der Waals surface area contributed by atoms with Crippen molar-refractivity contribution >= 4 is 43.9 Å². The molecular weight excluding hydrogens is 434 g/mol. The van der Waals surface area contributed by atoms with Crippen molar-refractivity contribution < 1.29 is 20.4 Å². The Bertz CT molecular complexity index is 1850. The van der Waals surface area contributed by atoms with Crippen molar-refractivity contribution in [3.05, 3.63) is 90.2 Å². The van der Waals surface area contributed by atoms with E-state index in [1.807, 2.05) is 78.9 Å². The summed E-state index contributed by atoms with van der Waals surface area (Å²) in [5.41, 5.74) is 4.78. The summed E-state index contributed by atoms with van der Waals surface area (Å²) in [6.07, 6.45) is 0. The van der Waals surface area contributed by atoms with Crippen LogP contribution in [0.25, 0.3) is 66.7 Å². The SMILES string of the molecule is [ClH+]c1nc(-c2ccc3c(c2)oc2ccccc23)nc(-c2cccc3c2oc2ccccc23)n1. The number of hydrogen-bond donors (Lipinski definition) is 0. The largest absolute Gasteiger partial charge is 0.456 e. The van der Waals surface area contributed by atoms with Crippen LogP contribution >= 0.6 is 0 Å². The Kier molecular flexibility index (Phi) is 3.83. The third-order valence-electron chi connectivity index (χ3n) is 5.90. The van der Waals surface area contributed by atoms with Crippen LogP contribution in [0.15, 0.2) is 93.8 Å². The molecule has 5 nitrogen and oxygen atoms in total. The van der Waals surface area contributed by atoms with Crippen LogP contribution in [0.2, 0.25) is 5.28 Å². The van der Waals surface area contributed by atoms with Crippen molar-refractivity contribution in [1.29, 1.82) is 0 Å². The molecule has 33 heavy (non-hydrogen) atoms. The molecule has 7 aromatic rings. The Hall–Kier alpha value is -4.22. The highest BCUT2D eigenvalue weighted by molar-refractivity contribution is 6.09. The second-order valence-electron chi connectivity index (χ2n) is 7.85. The number of benzene rings is 4. The minimum atomic E-state index is 0.229. The van der Waals surface area contributed by atoms with Gasteiger partial charge in [0.05, 0.1) is 5.56 Å². The zero-order chi connectivity index (χ0) is 21.9. The van der Waals surface area contributed by atoms with Gasteiger partial charge in [-0.15, -0.1) is 0 Å². The van der Waals surface area contributed by atoms with Gasteiger partial charge in [0.15, 0.2) is 23.2 Å². The van der Waals surface area contributed by atoms with Gasteiger partial charge in [-0.3, -0.25) is 0 Å². The topological polar surface area (TPSA) is 65.0 Å². The fourth-order valence-electron chi connectivity index (χ4n) is 4.39. The average molecular weight is 449 g/mol. The first-order valence-corrected chi connectivity index (χ1v) is 10.9. The number of aromatic nitrogens is 3. The lowest BCUT2D eigenvalue weighted by Gasteiger charge is -2.04. The summed E-state index contributed by atoms with van der Waals surface area (Å²) in [6, 6.07) is 27.9. The molecule has 0 saturated carbocycles. The van der Waals surface area contributed by atoms with Gasteiger partial charge in [-0.2, -0.15) is 9.97 Å². The van der Waals surface area contributed by atoms with Crippen LogP contribution in [0.5, 0.6) is 0 Å². The fourth-order valence-corrected chi connectivity index (χ4v) is 4.57. The Balaban J connectivity index is 1.42. The van der Waals surface area contributed by atoms with Crippen LogP contribution in [0, 0.1) is 11.6 Å². The van der Waals surface area contributed by atoms with Gasteiger partial charge in [0.25, 0.3) is 0 Å². The molecule has 7 rings (SSSR count). The van der Waals surface area contributed by atoms with Gasteiger partial charge >= 0.3 is 5.28 Å². The van der Waals surface area contributed by atoms with Gasteiger partial charge in [-0.25, -0.2) is 4.98 Å². The molecule has 0 aliphatic heterocycles. The summed E-state index contributed by atoms with van der Waals surface area (Å²) in [5, 5.41) is 4.43. The second-order valence-corrected chi connectivity index (χ2v) is 8.22. The van der Waals surface area contributed by atoms with Crippen molar-refractivity contribution in [3.8, 4) is 22.8 Å². The van der Waals surface area contributed by atoms with E-state index in [9.17, 15) is 0 Å². The molecule has 3 heterocycles. The number of furan rings is 2. The molecule has 0 atom stereocenters. The lowest BCUT2D eigenvalue weighted by Crippen LogP contribution is -1.98. The minimum absolute atomic E-state index is 0.229. The molecule has 0 aliphatic rings. The molecule has 4 aromatic carbocycles. The molecule has 0 aliphatic carbocycles. The zero-order valence-corrected chi connectivity index (χ0v) is 18.0. The Morgan fingerprint density at radius 2 is 1.21 bits per heavy atom. The Morgan fingerprint density at radius 1 is 0.545 bits per heavy atom. The maximum Gasteiger partial charge on any atom is 0.421 e. The number of nitrogens with zero attached hydrogens (tertiary/aromatic N) is 3. The fraction of sp³-hybridized carbons (Fsp3) is 0. The van der Waals surface area contributed by atoms with E-state index in [0.29, 0.717) is 11.6 Å². The minimum Gasteiger partial charge on any atom is -0.456 e. The summed E-state index contributed by atoms with van der Waals surface area (Å²) in [7, 11) is 0. The molecule has 0 bridgehead atoms. The number of fused-ring (bicyclic) bond motifs is 6. The van der Waals surface area contributed by atoms with E-state index in [-0.39, 0.29) is 5.28 Å². The first-order chi connectivity index (χ1) is 16.2. The number of para-hydroxylation sites is 3. The van der Waals surface area contributed by atoms with E-state index < -0.39 is 0 Å². The maximum absolute atomic E-state index is 6.17. The first kappa shape index (κ1) is 18.4. The number of rotatable bonds is 2.